The molecule has 0 fully saturated rings. The molecule has 2 aromatic rings. The second-order valence-electron chi connectivity index (χ2n) is 7.23. The molecule has 144 valence electrons. The Morgan fingerprint density at radius 3 is 2.59 bits per heavy atom. The molecule has 2 atom stereocenters. The Balaban J connectivity index is 1.87. The van der Waals surface area contributed by atoms with Crippen molar-refractivity contribution in [1.82, 2.24) is 10.4 Å². The van der Waals surface area contributed by atoms with Crippen LogP contribution in [0.2, 0.25) is 0 Å². The fourth-order valence-electron chi connectivity index (χ4n) is 3.99. The van der Waals surface area contributed by atoms with E-state index in [1.807, 2.05) is 12.1 Å². The first kappa shape index (κ1) is 19.9. The van der Waals surface area contributed by atoms with Crippen LogP contribution in [-0.4, -0.2) is 23.6 Å². The average molecular weight is 390 g/mol. The standard InChI is InChI=1S/C21H25F2N3S/c1-13-3-4-14-5-6-15(7-8-24)20(19(14)9-13)26(2)25-21(27)16-10-17(22)12-18(23)11-16/h3-4,9-12,15,20H,5-8,24H2,1-2H3,(H,25,27). The zero-order valence-electron chi connectivity index (χ0n) is 15.6. The van der Waals surface area contributed by atoms with E-state index < -0.39 is 11.6 Å². The third-order valence-electron chi connectivity index (χ3n) is 5.21. The van der Waals surface area contributed by atoms with E-state index in [0.717, 1.165) is 25.3 Å². The predicted molar refractivity (Wildman–Crippen MR) is 108 cm³/mol. The molecular weight excluding hydrogens is 364 g/mol. The zero-order chi connectivity index (χ0) is 19.6. The van der Waals surface area contributed by atoms with Gasteiger partial charge in [0.05, 0.1) is 6.04 Å². The van der Waals surface area contributed by atoms with Crippen LogP contribution >= 0.6 is 12.2 Å². The Kier molecular flexibility index (Phi) is 6.19. The van der Waals surface area contributed by atoms with Crippen LogP contribution in [0.1, 0.15) is 41.1 Å². The number of rotatable bonds is 5. The molecule has 0 radical (unpaired) electrons. The van der Waals surface area contributed by atoms with Gasteiger partial charge in [0.15, 0.2) is 0 Å². The third kappa shape index (κ3) is 4.51. The molecule has 0 aliphatic heterocycles. The van der Waals surface area contributed by atoms with E-state index in [2.05, 4.69) is 30.5 Å². The van der Waals surface area contributed by atoms with Crippen LogP contribution in [0.4, 0.5) is 8.78 Å². The minimum Gasteiger partial charge on any atom is -0.330 e. The number of benzene rings is 2. The molecule has 1 aliphatic carbocycles. The van der Waals surface area contributed by atoms with E-state index in [0.29, 0.717) is 23.0 Å². The van der Waals surface area contributed by atoms with Crippen molar-refractivity contribution in [3.05, 3.63) is 70.3 Å². The number of hydrogen-bond donors (Lipinski definition) is 2. The number of fused-ring (bicyclic) bond motifs is 1. The monoisotopic (exact) mass is 389 g/mol. The van der Waals surface area contributed by atoms with Gasteiger partial charge in [-0.1, -0.05) is 36.0 Å². The maximum Gasteiger partial charge on any atom is 0.126 e. The van der Waals surface area contributed by atoms with Crippen molar-refractivity contribution in [2.45, 2.75) is 32.2 Å². The van der Waals surface area contributed by atoms with Gasteiger partial charge in [0.1, 0.15) is 16.6 Å². The molecule has 0 saturated carbocycles. The highest BCUT2D eigenvalue weighted by molar-refractivity contribution is 7.80. The third-order valence-corrected chi connectivity index (χ3v) is 5.54. The number of nitrogens with zero attached hydrogens (tertiary/aromatic N) is 1. The highest BCUT2D eigenvalue weighted by Crippen LogP contribution is 2.39. The summed E-state index contributed by atoms with van der Waals surface area (Å²) in [5.41, 5.74) is 13.1. The first-order chi connectivity index (χ1) is 12.9. The van der Waals surface area contributed by atoms with Gasteiger partial charge in [0.2, 0.25) is 0 Å². The lowest BCUT2D eigenvalue weighted by Gasteiger charge is -2.40. The summed E-state index contributed by atoms with van der Waals surface area (Å²) in [6.07, 6.45) is 2.99. The molecule has 3 rings (SSSR count). The Morgan fingerprint density at radius 2 is 1.93 bits per heavy atom. The average Bonchev–Trinajstić information content (AvgIpc) is 2.60. The molecule has 6 heteroatoms. The van der Waals surface area contributed by atoms with Crippen LogP contribution in [0.3, 0.4) is 0 Å². The summed E-state index contributed by atoms with van der Waals surface area (Å²) in [7, 11) is 1.92. The Hall–Kier alpha value is -1.89. The normalized spacial score (nSPS) is 19.0. The molecule has 3 nitrogen and oxygen atoms in total. The number of aryl methyl sites for hydroxylation is 2. The lowest BCUT2D eigenvalue weighted by atomic mass is 9.77. The van der Waals surface area contributed by atoms with E-state index in [-0.39, 0.29) is 6.04 Å². The van der Waals surface area contributed by atoms with Crippen molar-refractivity contribution in [3.8, 4) is 0 Å². The highest BCUT2D eigenvalue weighted by atomic mass is 32.1. The number of hydrogen-bond acceptors (Lipinski definition) is 3. The van der Waals surface area contributed by atoms with Crippen LogP contribution < -0.4 is 11.2 Å². The molecule has 27 heavy (non-hydrogen) atoms. The van der Waals surface area contributed by atoms with Gasteiger partial charge in [-0.05, 0) is 61.9 Å². The molecule has 0 amide bonds. The van der Waals surface area contributed by atoms with Gasteiger partial charge in [-0.25, -0.2) is 13.8 Å². The van der Waals surface area contributed by atoms with E-state index in [1.54, 1.807) is 0 Å². The molecular formula is C21H25F2N3S. The summed E-state index contributed by atoms with van der Waals surface area (Å²) >= 11 is 5.40. The topological polar surface area (TPSA) is 41.3 Å². The van der Waals surface area contributed by atoms with Crippen molar-refractivity contribution in [1.29, 1.82) is 0 Å². The fourth-order valence-corrected chi connectivity index (χ4v) is 4.25. The second kappa shape index (κ2) is 8.42. The smallest absolute Gasteiger partial charge is 0.126 e. The summed E-state index contributed by atoms with van der Waals surface area (Å²) in [5, 5.41) is 1.96. The van der Waals surface area contributed by atoms with Crippen molar-refractivity contribution < 1.29 is 8.78 Å². The number of nitrogens with one attached hydrogen (secondary N) is 1. The van der Waals surface area contributed by atoms with Gasteiger partial charge < -0.3 is 11.2 Å². The lowest BCUT2D eigenvalue weighted by Crippen LogP contribution is -2.45. The minimum atomic E-state index is -0.642. The number of thiocarbonyl (C=S) groups is 1. The lowest BCUT2D eigenvalue weighted by molar-refractivity contribution is 0.127. The SMILES string of the molecule is Cc1ccc2c(c1)C(N(C)NC(=S)c1cc(F)cc(F)c1)C(CCN)CC2. The quantitative estimate of drug-likeness (QED) is 0.598. The van der Waals surface area contributed by atoms with Crippen molar-refractivity contribution >= 4 is 17.2 Å². The molecule has 0 saturated heterocycles. The molecule has 3 N–H and O–H groups in total. The molecule has 0 spiro atoms. The van der Waals surface area contributed by atoms with Gasteiger partial charge in [-0.3, -0.25) is 0 Å². The minimum absolute atomic E-state index is 0.0913. The molecule has 2 unspecified atom stereocenters. The van der Waals surface area contributed by atoms with Gasteiger partial charge in [-0.2, -0.15) is 0 Å². The van der Waals surface area contributed by atoms with E-state index in [1.165, 1.54) is 28.8 Å². The van der Waals surface area contributed by atoms with Crippen molar-refractivity contribution in [2.24, 2.45) is 11.7 Å². The first-order valence-electron chi connectivity index (χ1n) is 9.18. The van der Waals surface area contributed by atoms with Crippen LogP contribution in [0.15, 0.2) is 36.4 Å². The van der Waals surface area contributed by atoms with Crippen LogP contribution in [0, 0.1) is 24.5 Å². The number of nitrogens with two attached hydrogens (primary N) is 1. The number of hydrazine groups is 1. The van der Waals surface area contributed by atoms with Crippen LogP contribution in [0.25, 0.3) is 0 Å². The van der Waals surface area contributed by atoms with E-state index in [4.69, 9.17) is 18.0 Å². The summed E-state index contributed by atoms with van der Waals surface area (Å²) in [6.45, 7) is 2.70. The van der Waals surface area contributed by atoms with Crippen molar-refractivity contribution in [2.75, 3.05) is 13.6 Å². The summed E-state index contributed by atoms with van der Waals surface area (Å²) in [6, 6.07) is 9.94. The molecule has 0 bridgehead atoms. The summed E-state index contributed by atoms with van der Waals surface area (Å²) in [4.78, 5) is 0.294. The number of halogens is 2. The van der Waals surface area contributed by atoms with Gasteiger partial charge in [0.25, 0.3) is 0 Å². The molecule has 0 heterocycles. The molecule has 2 aromatic carbocycles. The van der Waals surface area contributed by atoms with Crippen LogP contribution in [-0.2, 0) is 6.42 Å². The first-order valence-corrected chi connectivity index (χ1v) is 9.59. The highest BCUT2D eigenvalue weighted by Gasteiger charge is 2.32. The van der Waals surface area contributed by atoms with Gasteiger partial charge in [-0.15, -0.1) is 0 Å². The van der Waals surface area contributed by atoms with Gasteiger partial charge >= 0.3 is 0 Å². The van der Waals surface area contributed by atoms with E-state index >= 15 is 0 Å². The molecule has 1 aliphatic rings. The summed E-state index contributed by atoms with van der Waals surface area (Å²) in [5.74, 6) is -0.901. The Labute approximate surface area is 164 Å². The second-order valence-corrected chi connectivity index (χ2v) is 7.64. The maximum absolute atomic E-state index is 13.5. The van der Waals surface area contributed by atoms with Gasteiger partial charge in [0, 0.05) is 18.7 Å². The fraction of sp³-hybridized carbons (Fsp3) is 0.381. The largest absolute Gasteiger partial charge is 0.330 e. The maximum atomic E-state index is 13.5. The molecule has 0 aromatic heterocycles. The zero-order valence-corrected chi connectivity index (χ0v) is 16.5. The summed E-state index contributed by atoms with van der Waals surface area (Å²) < 4.78 is 27.1. The van der Waals surface area contributed by atoms with Crippen LogP contribution in [0.5, 0.6) is 0 Å². The van der Waals surface area contributed by atoms with Crippen molar-refractivity contribution in [3.63, 3.8) is 0 Å². The Morgan fingerprint density at radius 1 is 1.22 bits per heavy atom. The van der Waals surface area contributed by atoms with E-state index in [9.17, 15) is 8.78 Å². The predicted octanol–water partition coefficient (Wildman–Crippen LogP) is 4.04. The Bertz CT molecular complexity index is 820.